The Morgan fingerprint density at radius 2 is 2.00 bits per heavy atom. The van der Waals surface area contributed by atoms with Gasteiger partial charge in [-0.25, -0.2) is 0 Å². The molecule has 0 radical (unpaired) electrons. The Hall–Kier alpha value is -1.41. The fraction of sp³-hybridized carbons (Fsp3) is 0.357. The quantitative estimate of drug-likeness (QED) is 0.795. The lowest BCUT2D eigenvalue weighted by molar-refractivity contribution is 0.736. The van der Waals surface area contributed by atoms with E-state index < -0.39 is 0 Å². The van der Waals surface area contributed by atoms with Crippen LogP contribution in [0, 0.1) is 6.92 Å². The Bertz CT molecular complexity index is 477. The lowest BCUT2D eigenvalue weighted by Crippen LogP contribution is -2.00. The number of hydrogen-bond donors (Lipinski definition) is 1. The second-order valence-electron chi connectivity index (χ2n) is 4.17. The van der Waals surface area contributed by atoms with Crippen molar-refractivity contribution in [1.82, 2.24) is 4.98 Å². The summed E-state index contributed by atoms with van der Waals surface area (Å²) in [6.45, 7) is 2.91. The molecule has 2 rings (SSSR count). The summed E-state index contributed by atoms with van der Waals surface area (Å²) in [5, 5.41) is 2.61. The number of fused-ring (bicyclic) bond motifs is 1. The highest BCUT2D eigenvalue weighted by molar-refractivity contribution is 5.87. The summed E-state index contributed by atoms with van der Waals surface area (Å²) in [7, 11) is 0. The zero-order chi connectivity index (χ0) is 11.4. The third-order valence-corrected chi connectivity index (χ3v) is 2.97. The Morgan fingerprint density at radius 1 is 1.12 bits per heavy atom. The standard InChI is InChI=1S/C14H18N2/c1-11-5-4-6-13-12(11)8-10-16-14(13)7-2-3-9-15/h4-6,8,10H,2-3,7,9,15H2,1H3. The van der Waals surface area contributed by atoms with Crippen LogP contribution in [0.25, 0.3) is 10.8 Å². The number of pyridine rings is 1. The van der Waals surface area contributed by atoms with Gasteiger partial charge in [-0.05, 0) is 49.7 Å². The zero-order valence-corrected chi connectivity index (χ0v) is 9.74. The molecule has 0 bridgehead atoms. The highest BCUT2D eigenvalue weighted by Crippen LogP contribution is 2.21. The van der Waals surface area contributed by atoms with E-state index in [0.29, 0.717) is 0 Å². The van der Waals surface area contributed by atoms with Crippen LogP contribution in [-0.2, 0) is 6.42 Å². The molecule has 0 atom stereocenters. The molecular formula is C14H18N2. The first-order chi connectivity index (χ1) is 7.83. The molecule has 0 fully saturated rings. The minimum absolute atomic E-state index is 0.768. The Balaban J connectivity index is 2.34. The van der Waals surface area contributed by atoms with E-state index in [9.17, 15) is 0 Å². The van der Waals surface area contributed by atoms with Gasteiger partial charge in [0, 0.05) is 17.3 Å². The topological polar surface area (TPSA) is 38.9 Å². The van der Waals surface area contributed by atoms with Crippen molar-refractivity contribution in [3.8, 4) is 0 Å². The lowest BCUT2D eigenvalue weighted by atomic mass is 10.0. The summed E-state index contributed by atoms with van der Waals surface area (Å²) in [5.41, 5.74) is 8.03. The van der Waals surface area contributed by atoms with E-state index in [-0.39, 0.29) is 0 Å². The van der Waals surface area contributed by atoms with Gasteiger partial charge in [0.15, 0.2) is 0 Å². The Morgan fingerprint density at radius 3 is 2.81 bits per heavy atom. The van der Waals surface area contributed by atoms with E-state index in [2.05, 4.69) is 36.2 Å². The molecule has 1 aromatic heterocycles. The number of nitrogens with zero attached hydrogens (tertiary/aromatic N) is 1. The second-order valence-corrected chi connectivity index (χ2v) is 4.17. The smallest absolute Gasteiger partial charge is 0.0481 e. The van der Waals surface area contributed by atoms with Gasteiger partial charge in [-0.3, -0.25) is 4.98 Å². The average molecular weight is 214 g/mol. The highest BCUT2D eigenvalue weighted by Gasteiger charge is 2.03. The maximum atomic E-state index is 5.51. The van der Waals surface area contributed by atoms with Gasteiger partial charge in [-0.2, -0.15) is 0 Å². The summed E-state index contributed by atoms with van der Waals surface area (Å²) in [6.07, 6.45) is 5.13. The first-order valence-electron chi connectivity index (χ1n) is 5.86. The van der Waals surface area contributed by atoms with Gasteiger partial charge in [0.25, 0.3) is 0 Å². The number of hydrogen-bond acceptors (Lipinski definition) is 2. The van der Waals surface area contributed by atoms with E-state index in [1.54, 1.807) is 0 Å². The van der Waals surface area contributed by atoms with Crippen LogP contribution in [0.1, 0.15) is 24.1 Å². The van der Waals surface area contributed by atoms with Crippen LogP contribution in [-0.4, -0.2) is 11.5 Å². The van der Waals surface area contributed by atoms with Gasteiger partial charge in [0.2, 0.25) is 0 Å². The highest BCUT2D eigenvalue weighted by atomic mass is 14.7. The molecule has 2 aromatic rings. The largest absolute Gasteiger partial charge is 0.330 e. The molecule has 0 aliphatic rings. The monoisotopic (exact) mass is 214 g/mol. The van der Waals surface area contributed by atoms with E-state index in [0.717, 1.165) is 25.8 Å². The molecule has 0 unspecified atom stereocenters. The van der Waals surface area contributed by atoms with Crippen LogP contribution >= 0.6 is 0 Å². The fourth-order valence-corrected chi connectivity index (χ4v) is 2.06. The van der Waals surface area contributed by atoms with E-state index in [1.165, 1.54) is 22.0 Å². The molecular weight excluding hydrogens is 196 g/mol. The second kappa shape index (κ2) is 5.08. The van der Waals surface area contributed by atoms with Gasteiger partial charge in [-0.1, -0.05) is 18.2 Å². The number of aryl methyl sites for hydroxylation is 2. The molecule has 2 heteroatoms. The molecule has 0 amide bonds. The fourth-order valence-electron chi connectivity index (χ4n) is 2.06. The molecule has 16 heavy (non-hydrogen) atoms. The van der Waals surface area contributed by atoms with Crippen LogP contribution in [0.2, 0.25) is 0 Å². The number of nitrogens with two attached hydrogens (primary N) is 1. The SMILES string of the molecule is Cc1cccc2c(CCCCN)nccc12. The van der Waals surface area contributed by atoms with Crippen LogP contribution in [0.5, 0.6) is 0 Å². The van der Waals surface area contributed by atoms with Crippen LogP contribution < -0.4 is 5.73 Å². The molecule has 1 aromatic carbocycles. The van der Waals surface area contributed by atoms with Crippen LogP contribution in [0.3, 0.4) is 0 Å². The van der Waals surface area contributed by atoms with Gasteiger partial charge in [-0.15, -0.1) is 0 Å². The van der Waals surface area contributed by atoms with Crippen molar-refractivity contribution in [1.29, 1.82) is 0 Å². The summed E-state index contributed by atoms with van der Waals surface area (Å²) >= 11 is 0. The first kappa shape index (κ1) is 11.1. The van der Waals surface area contributed by atoms with E-state index in [4.69, 9.17) is 5.73 Å². The molecule has 2 N–H and O–H groups in total. The molecule has 84 valence electrons. The van der Waals surface area contributed by atoms with Gasteiger partial charge in [0.1, 0.15) is 0 Å². The Labute approximate surface area is 96.5 Å². The molecule has 0 aliphatic carbocycles. The van der Waals surface area contributed by atoms with Crippen molar-refractivity contribution in [2.45, 2.75) is 26.2 Å². The van der Waals surface area contributed by atoms with Crippen molar-refractivity contribution >= 4 is 10.8 Å². The molecule has 2 nitrogen and oxygen atoms in total. The summed E-state index contributed by atoms with van der Waals surface area (Å²) in [4.78, 5) is 4.48. The van der Waals surface area contributed by atoms with Crippen LogP contribution in [0.4, 0.5) is 0 Å². The van der Waals surface area contributed by atoms with Crippen molar-refractivity contribution < 1.29 is 0 Å². The van der Waals surface area contributed by atoms with Crippen molar-refractivity contribution in [3.05, 3.63) is 41.7 Å². The molecule has 0 spiro atoms. The maximum Gasteiger partial charge on any atom is 0.0481 e. The molecule has 1 heterocycles. The third-order valence-electron chi connectivity index (χ3n) is 2.97. The van der Waals surface area contributed by atoms with Gasteiger partial charge < -0.3 is 5.73 Å². The van der Waals surface area contributed by atoms with Gasteiger partial charge in [0.05, 0.1) is 0 Å². The third kappa shape index (κ3) is 2.22. The number of unbranched alkanes of at least 4 members (excludes halogenated alkanes) is 1. The summed E-state index contributed by atoms with van der Waals surface area (Å²) in [6, 6.07) is 8.50. The van der Waals surface area contributed by atoms with Crippen LogP contribution in [0.15, 0.2) is 30.5 Å². The normalized spacial score (nSPS) is 10.9. The van der Waals surface area contributed by atoms with Crippen molar-refractivity contribution in [2.24, 2.45) is 5.73 Å². The van der Waals surface area contributed by atoms with Gasteiger partial charge >= 0.3 is 0 Å². The molecule has 0 saturated carbocycles. The lowest BCUT2D eigenvalue weighted by Gasteiger charge is -2.07. The first-order valence-corrected chi connectivity index (χ1v) is 5.86. The predicted octanol–water partition coefficient (Wildman–Crippen LogP) is 2.82. The predicted molar refractivity (Wildman–Crippen MR) is 68.5 cm³/mol. The van der Waals surface area contributed by atoms with Crippen molar-refractivity contribution in [2.75, 3.05) is 6.54 Å². The minimum Gasteiger partial charge on any atom is -0.330 e. The summed E-state index contributed by atoms with van der Waals surface area (Å²) in [5.74, 6) is 0. The molecule has 0 saturated heterocycles. The molecule has 0 aliphatic heterocycles. The number of benzene rings is 1. The van der Waals surface area contributed by atoms with E-state index >= 15 is 0 Å². The van der Waals surface area contributed by atoms with Crippen molar-refractivity contribution in [3.63, 3.8) is 0 Å². The average Bonchev–Trinajstić information content (AvgIpc) is 2.31. The Kier molecular flexibility index (Phi) is 3.52. The maximum absolute atomic E-state index is 5.51. The number of rotatable bonds is 4. The number of aromatic nitrogens is 1. The zero-order valence-electron chi connectivity index (χ0n) is 9.74. The minimum atomic E-state index is 0.768. The van der Waals surface area contributed by atoms with E-state index in [1.807, 2.05) is 6.20 Å². The summed E-state index contributed by atoms with van der Waals surface area (Å²) < 4.78 is 0.